The number of hydrogen-bond acceptors (Lipinski definition) is 4. The van der Waals surface area contributed by atoms with Crippen LogP contribution in [0.4, 0.5) is 0 Å². The molecule has 4 heteroatoms. The normalized spacial score (nSPS) is 26.6. The molecule has 4 rings (SSSR count). The van der Waals surface area contributed by atoms with Gasteiger partial charge in [-0.25, -0.2) is 4.79 Å². The Kier molecular flexibility index (Phi) is 6.22. The summed E-state index contributed by atoms with van der Waals surface area (Å²) in [6.07, 6.45) is 2.28. The van der Waals surface area contributed by atoms with Crippen LogP contribution in [0.15, 0.2) is 54.6 Å². The first kappa shape index (κ1) is 24.0. The topological polar surface area (TPSA) is 38.8 Å². The van der Waals surface area contributed by atoms with Crippen molar-refractivity contribution in [3.05, 3.63) is 71.3 Å². The summed E-state index contributed by atoms with van der Waals surface area (Å²) >= 11 is 0. The number of esters is 1. The lowest BCUT2D eigenvalue weighted by Gasteiger charge is -2.46. The lowest BCUT2D eigenvalue weighted by atomic mass is 9.71. The Bertz CT molecular complexity index is 954. The fourth-order valence-corrected chi connectivity index (χ4v) is 5.78. The van der Waals surface area contributed by atoms with Gasteiger partial charge in [0.2, 0.25) is 0 Å². The van der Waals surface area contributed by atoms with Crippen molar-refractivity contribution in [2.24, 2.45) is 11.3 Å². The van der Waals surface area contributed by atoms with E-state index in [0.29, 0.717) is 11.5 Å². The molecule has 178 valence electrons. The number of rotatable bonds is 4. The number of carbonyl (C=O) groups excluding carboxylic acids is 1. The Morgan fingerprint density at radius 1 is 0.848 bits per heavy atom. The van der Waals surface area contributed by atoms with Gasteiger partial charge in [0.15, 0.2) is 0 Å². The highest BCUT2D eigenvalue weighted by atomic mass is 16.7. The van der Waals surface area contributed by atoms with Crippen molar-refractivity contribution in [1.29, 1.82) is 0 Å². The molecular weight excluding hydrogens is 410 g/mol. The van der Waals surface area contributed by atoms with Gasteiger partial charge in [-0.3, -0.25) is 4.84 Å². The molecule has 0 spiro atoms. The van der Waals surface area contributed by atoms with Crippen molar-refractivity contribution >= 4 is 5.97 Å². The summed E-state index contributed by atoms with van der Waals surface area (Å²) in [5, 5.41) is 2.15. The molecule has 1 heterocycles. The number of ether oxygens (including phenoxy) is 1. The summed E-state index contributed by atoms with van der Waals surface area (Å²) in [5.41, 5.74) is 2.75. The number of hydrogen-bond donors (Lipinski definition) is 0. The molecule has 0 aromatic heterocycles. The van der Waals surface area contributed by atoms with Crippen LogP contribution >= 0.6 is 0 Å². The predicted molar refractivity (Wildman–Crippen MR) is 132 cm³/mol. The van der Waals surface area contributed by atoms with Crippen molar-refractivity contribution in [3.63, 3.8) is 0 Å². The zero-order chi connectivity index (χ0) is 24.0. The number of benzene rings is 2. The molecule has 2 aromatic carbocycles. The molecule has 33 heavy (non-hydrogen) atoms. The second-order valence-corrected chi connectivity index (χ2v) is 11.8. The molecule has 2 aliphatic rings. The van der Waals surface area contributed by atoms with E-state index < -0.39 is 0 Å². The first-order valence-corrected chi connectivity index (χ1v) is 12.3. The largest absolute Gasteiger partial charge is 0.456 e. The van der Waals surface area contributed by atoms with E-state index >= 15 is 0 Å². The van der Waals surface area contributed by atoms with Crippen LogP contribution in [-0.2, 0) is 20.7 Å². The van der Waals surface area contributed by atoms with Crippen LogP contribution < -0.4 is 0 Å². The fraction of sp³-hybridized carbons (Fsp3) is 0.552. The predicted octanol–water partition coefficient (Wildman–Crippen LogP) is 6.84. The number of carbonyl (C=O) groups is 1. The van der Waals surface area contributed by atoms with E-state index in [0.717, 1.165) is 19.3 Å². The van der Waals surface area contributed by atoms with Crippen molar-refractivity contribution in [2.75, 3.05) is 0 Å². The SMILES string of the molecule is CC(C)(C)[C@H]1CC[C@@H](ON2C(C)(C)c3ccccc3C2(C)C)[C@@H](OC(=O)c2ccccc2)C1. The number of fused-ring (bicyclic) bond motifs is 1. The van der Waals surface area contributed by atoms with E-state index in [1.165, 1.54) is 11.1 Å². The van der Waals surface area contributed by atoms with Gasteiger partial charge in [0.25, 0.3) is 0 Å². The Morgan fingerprint density at radius 3 is 1.94 bits per heavy atom. The van der Waals surface area contributed by atoms with Gasteiger partial charge in [-0.1, -0.05) is 63.2 Å². The van der Waals surface area contributed by atoms with Gasteiger partial charge in [-0.05, 0) is 81.5 Å². The monoisotopic (exact) mass is 449 g/mol. The van der Waals surface area contributed by atoms with Gasteiger partial charge < -0.3 is 4.74 Å². The molecular formula is C29H39NO3. The smallest absolute Gasteiger partial charge is 0.338 e. The highest BCUT2D eigenvalue weighted by Crippen LogP contribution is 2.51. The van der Waals surface area contributed by atoms with E-state index in [1.807, 2.05) is 30.3 Å². The molecule has 0 radical (unpaired) electrons. The molecule has 4 nitrogen and oxygen atoms in total. The third-order valence-corrected chi connectivity index (χ3v) is 7.73. The van der Waals surface area contributed by atoms with E-state index in [-0.39, 0.29) is 34.7 Å². The molecule has 0 N–H and O–H groups in total. The van der Waals surface area contributed by atoms with Gasteiger partial charge in [-0.15, -0.1) is 0 Å². The summed E-state index contributed by atoms with van der Waals surface area (Å²) in [4.78, 5) is 19.8. The number of hydroxylamine groups is 2. The maximum Gasteiger partial charge on any atom is 0.338 e. The summed E-state index contributed by atoms with van der Waals surface area (Å²) in [5.74, 6) is 0.203. The maximum absolute atomic E-state index is 13.0. The minimum atomic E-state index is -0.286. The van der Waals surface area contributed by atoms with E-state index in [1.54, 1.807) is 0 Å². The molecule has 0 amide bonds. The van der Waals surface area contributed by atoms with Crippen molar-refractivity contribution < 1.29 is 14.4 Å². The summed E-state index contributed by atoms with van der Waals surface area (Å²) in [6, 6.07) is 17.9. The zero-order valence-corrected chi connectivity index (χ0v) is 21.2. The molecule has 1 fully saturated rings. The van der Waals surface area contributed by atoms with Gasteiger partial charge in [0.1, 0.15) is 12.2 Å². The lowest BCUT2D eigenvalue weighted by molar-refractivity contribution is -0.308. The van der Waals surface area contributed by atoms with Gasteiger partial charge in [0.05, 0.1) is 16.6 Å². The quantitative estimate of drug-likeness (QED) is 0.479. The summed E-state index contributed by atoms with van der Waals surface area (Å²) < 4.78 is 6.15. The highest BCUT2D eigenvalue weighted by molar-refractivity contribution is 5.89. The van der Waals surface area contributed by atoms with E-state index in [2.05, 4.69) is 77.8 Å². The first-order valence-electron chi connectivity index (χ1n) is 12.3. The van der Waals surface area contributed by atoms with Gasteiger partial charge in [0, 0.05) is 0 Å². The van der Waals surface area contributed by atoms with Crippen LogP contribution in [0.25, 0.3) is 0 Å². The minimum Gasteiger partial charge on any atom is -0.456 e. The Balaban J connectivity index is 1.60. The highest BCUT2D eigenvalue weighted by Gasteiger charge is 2.52. The van der Waals surface area contributed by atoms with Gasteiger partial charge in [-0.2, -0.15) is 5.06 Å². The average molecular weight is 450 g/mol. The molecule has 2 aromatic rings. The lowest BCUT2D eigenvalue weighted by Crippen LogP contribution is -2.52. The second-order valence-electron chi connectivity index (χ2n) is 11.8. The maximum atomic E-state index is 13.0. The van der Waals surface area contributed by atoms with Gasteiger partial charge >= 0.3 is 5.97 Å². The molecule has 1 aliphatic heterocycles. The third kappa shape index (κ3) is 4.48. The first-order chi connectivity index (χ1) is 15.4. The van der Waals surface area contributed by atoms with Crippen LogP contribution in [0.5, 0.6) is 0 Å². The molecule has 0 unspecified atom stereocenters. The van der Waals surface area contributed by atoms with Crippen molar-refractivity contribution in [2.45, 2.75) is 91.0 Å². The van der Waals surface area contributed by atoms with Crippen LogP contribution in [0, 0.1) is 11.3 Å². The Labute approximate surface area is 199 Å². The van der Waals surface area contributed by atoms with Crippen LogP contribution in [0.2, 0.25) is 0 Å². The average Bonchev–Trinajstić information content (AvgIpc) is 2.92. The second kappa shape index (κ2) is 8.56. The molecule has 1 saturated carbocycles. The van der Waals surface area contributed by atoms with Crippen LogP contribution in [0.1, 0.15) is 89.2 Å². The number of nitrogens with zero attached hydrogens (tertiary/aromatic N) is 1. The van der Waals surface area contributed by atoms with Crippen molar-refractivity contribution in [1.82, 2.24) is 5.06 Å². The molecule has 0 bridgehead atoms. The van der Waals surface area contributed by atoms with Crippen LogP contribution in [0.3, 0.4) is 0 Å². The summed E-state index contributed by atoms with van der Waals surface area (Å²) in [6.45, 7) is 15.7. The van der Waals surface area contributed by atoms with Crippen LogP contribution in [-0.4, -0.2) is 23.2 Å². The minimum absolute atomic E-state index is 0.158. The zero-order valence-electron chi connectivity index (χ0n) is 21.2. The molecule has 0 saturated heterocycles. The Hall–Kier alpha value is -2.17. The van der Waals surface area contributed by atoms with E-state index in [4.69, 9.17) is 9.57 Å². The third-order valence-electron chi connectivity index (χ3n) is 7.73. The Morgan fingerprint density at radius 2 is 1.39 bits per heavy atom. The molecule has 1 aliphatic carbocycles. The summed E-state index contributed by atoms with van der Waals surface area (Å²) in [7, 11) is 0. The standard InChI is InChI=1S/C29H39NO3/c1-27(2,3)21-17-18-24(25(19-21)32-26(31)20-13-9-8-10-14-20)33-30-28(4,5)22-15-11-12-16-23(22)29(30,6)7/h8-16,21,24-25H,17-19H2,1-7H3/t21-,24+,25-/m0/s1. The van der Waals surface area contributed by atoms with Crippen molar-refractivity contribution in [3.8, 4) is 0 Å². The van der Waals surface area contributed by atoms with E-state index in [9.17, 15) is 4.79 Å². The molecule has 3 atom stereocenters. The fourth-order valence-electron chi connectivity index (χ4n) is 5.78.